The summed E-state index contributed by atoms with van der Waals surface area (Å²) in [6.07, 6.45) is 1.37. The predicted molar refractivity (Wildman–Crippen MR) is 101 cm³/mol. The highest BCUT2D eigenvalue weighted by Gasteiger charge is 2.36. The van der Waals surface area contributed by atoms with Gasteiger partial charge in [0.25, 0.3) is 5.91 Å². The number of ether oxygens (including phenoxy) is 1. The van der Waals surface area contributed by atoms with Crippen LogP contribution in [0.25, 0.3) is 0 Å². The van der Waals surface area contributed by atoms with Gasteiger partial charge in [0.15, 0.2) is 0 Å². The lowest BCUT2D eigenvalue weighted by atomic mass is 9.81. The molecule has 0 unspecified atom stereocenters. The summed E-state index contributed by atoms with van der Waals surface area (Å²) in [7, 11) is 3.93. The van der Waals surface area contributed by atoms with Crippen molar-refractivity contribution in [2.75, 3.05) is 32.2 Å². The molecule has 1 N–H and O–H groups in total. The zero-order chi connectivity index (χ0) is 18.6. The molecule has 1 fully saturated rings. The number of carbonyl (C=O) groups is 1. The molecular formula is C21H23N3O2. The molecule has 1 aliphatic heterocycles. The van der Waals surface area contributed by atoms with Gasteiger partial charge in [0.05, 0.1) is 17.2 Å². The molecule has 1 saturated heterocycles. The largest absolute Gasteiger partial charge is 0.381 e. The minimum atomic E-state index is -0.511. The number of rotatable bonds is 4. The van der Waals surface area contributed by atoms with Crippen molar-refractivity contribution in [3.63, 3.8) is 0 Å². The second-order valence-electron chi connectivity index (χ2n) is 6.78. The Bertz CT molecular complexity index is 816. The fourth-order valence-corrected chi connectivity index (χ4v) is 3.29. The standard InChI is InChI=1S/C21H23N3O2/c1-24(2)19-8-6-17(7-9-19)20(25)23-21(10-12-26-13-11-21)18-5-3-4-16(14-18)15-22/h3-9,14H,10-13H2,1-2H3,(H,23,25). The number of carbonyl (C=O) groups excluding carboxylic acids is 1. The molecule has 0 bridgehead atoms. The first-order chi connectivity index (χ1) is 12.5. The molecule has 5 nitrogen and oxygen atoms in total. The Morgan fingerprint density at radius 2 is 1.85 bits per heavy atom. The quantitative estimate of drug-likeness (QED) is 0.921. The van der Waals surface area contributed by atoms with E-state index in [9.17, 15) is 10.1 Å². The van der Waals surface area contributed by atoms with Crippen LogP contribution < -0.4 is 10.2 Å². The molecular weight excluding hydrogens is 326 g/mol. The Morgan fingerprint density at radius 3 is 2.46 bits per heavy atom. The molecule has 26 heavy (non-hydrogen) atoms. The highest BCUT2D eigenvalue weighted by atomic mass is 16.5. The summed E-state index contributed by atoms with van der Waals surface area (Å²) in [5.74, 6) is -0.112. The van der Waals surface area contributed by atoms with Crippen molar-refractivity contribution in [2.24, 2.45) is 0 Å². The van der Waals surface area contributed by atoms with Crippen molar-refractivity contribution in [1.29, 1.82) is 5.26 Å². The van der Waals surface area contributed by atoms with Crippen LogP contribution in [0.1, 0.15) is 34.3 Å². The third-order valence-electron chi connectivity index (χ3n) is 4.89. The Balaban J connectivity index is 1.88. The Labute approximate surface area is 154 Å². The van der Waals surface area contributed by atoms with Gasteiger partial charge in [-0.15, -0.1) is 0 Å². The topological polar surface area (TPSA) is 65.4 Å². The highest BCUT2D eigenvalue weighted by molar-refractivity contribution is 5.95. The second kappa shape index (κ2) is 7.59. The second-order valence-corrected chi connectivity index (χ2v) is 6.78. The van der Waals surface area contributed by atoms with Crippen LogP contribution in [0.5, 0.6) is 0 Å². The number of nitrogens with one attached hydrogen (secondary N) is 1. The molecule has 2 aromatic rings. The minimum absolute atomic E-state index is 0.112. The van der Waals surface area contributed by atoms with Crippen LogP contribution in [0.15, 0.2) is 48.5 Å². The highest BCUT2D eigenvalue weighted by Crippen LogP contribution is 2.33. The summed E-state index contributed by atoms with van der Waals surface area (Å²) < 4.78 is 5.51. The van der Waals surface area contributed by atoms with Gasteiger partial charge in [-0.05, 0) is 54.8 Å². The molecule has 1 heterocycles. The van der Waals surface area contributed by atoms with E-state index >= 15 is 0 Å². The van der Waals surface area contributed by atoms with Crippen molar-refractivity contribution in [3.8, 4) is 6.07 Å². The number of benzene rings is 2. The van der Waals surface area contributed by atoms with Crippen molar-refractivity contribution in [1.82, 2.24) is 5.32 Å². The summed E-state index contributed by atoms with van der Waals surface area (Å²) in [6.45, 7) is 1.16. The summed E-state index contributed by atoms with van der Waals surface area (Å²) >= 11 is 0. The van der Waals surface area contributed by atoms with Gasteiger partial charge >= 0.3 is 0 Å². The maximum absolute atomic E-state index is 12.9. The Kier molecular flexibility index (Phi) is 5.24. The van der Waals surface area contributed by atoms with Gasteiger partial charge in [-0.25, -0.2) is 0 Å². The molecule has 0 aliphatic carbocycles. The lowest BCUT2D eigenvalue weighted by Crippen LogP contribution is -2.49. The van der Waals surface area contributed by atoms with Crippen LogP contribution in [0.4, 0.5) is 5.69 Å². The summed E-state index contributed by atoms with van der Waals surface area (Å²) in [5.41, 5.74) is 2.71. The average molecular weight is 349 g/mol. The van der Waals surface area contributed by atoms with E-state index in [1.54, 1.807) is 6.07 Å². The van der Waals surface area contributed by atoms with Crippen LogP contribution >= 0.6 is 0 Å². The molecule has 0 spiro atoms. The number of nitrogens with zero attached hydrogens (tertiary/aromatic N) is 2. The van der Waals surface area contributed by atoms with E-state index in [4.69, 9.17) is 4.74 Å². The van der Waals surface area contributed by atoms with Crippen molar-refractivity contribution in [3.05, 3.63) is 65.2 Å². The van der Waals surface area contributed by atoms with Crippen LogP contribution in [-0.4, -0.2) is 33.2 Å². The molecule has 0 radical (unpaired) electrons. The average Bonchev–Trinajstić information content (AvgIpc) is 2.68. The molecule has 1 amide bonds. The molecule has 134 valence electrons. The molecule has 0 saturated carbocycles. The van der Waals surface area contributed by atoms with Gasteiger partial charge in [0, 0.05) is 38.6 Å². The van der Waals surface area contributed by atoms with E-state index in [-0.39, 0.29) is 5.91 Å². The van der Waals surface area contributed by atoms with Gasteiger partial charge in [0.1, 0.15) is 0 Å². The molecule has 1 aliphatic rings. The van der Waals surface area contributed by atoms with Crippen LogP contribution in [0, 0.1) is 11.3 Å². The smallest absolute Gasteiger partial charge is 0.251 e. The van der Waals surface area contributed by atoms with E-state index in [0.29, 0.717) is 37.2 Å². The fraction of sp³-hybridized carbons (Fsp3) is 0.333. The number of amides is 1. The molecule has 5 heteroatoms. The number of nitriles is 1. The third-order valence-corrected chi connectivity index (χ3v) is 4.89. The number of anilines is 1. The van der Waals surface area contributed by atoms with E-state index in [0.717, 1.165) is 11.3 Å². The summed E-state index contributed by atoms with van der Waals surface area (Å²) in [6, 6.07) is 17.2. The Hall–Kier alpha value is -2.84. The zero-order valence-electron chi connectivity index (χ0n) is 15.2. The van der Waals surface area contributed by atoms with E-state index in [1.165, 1.54) is 0 Å². The predicted octanol–water partition coefficient (Wildman–Crippen LogP) is 3.06. The first-order valence-electron chi connectivity index (χ1n) is 8.72. The summed E-state index contributed by atoms with van der Waals surface area (Å²) in [4.78, 5) is 14.9. The maximum Gasteiger partial charge on any atom is 0.251 e. The van der Waals surface area contributed by atoms with E-state index in [1.807, 2.05) is 61.5 Å². The summed E-state index contributed by atoms with van der Waals surface area (Å²) in [5, 5.41) is 12.4. The third kappa shape index (κ3) is 3.71. The first kappa shape index (κ1) is 18.0. The molecule has 0 aromatic heterocycles. The van der Waals surface area contributed by atoms with Crippen molar-refractivity contribution >= 4 is 11.6 Å². The van der Waals surface area contributed by atoms with Gasteiger partial charge in [-0.3, -0.25) is 4.79 Å². The van der Waals surface area contributed by atoms with Gasteiger partial charge in [-0.1, -0.05) is 12.1 Å². The van der Waals surface area contributed by atoms with Crippen LogP contribution in [0.2, 0.25) is 0 Å². The fourth-order valence-electron chi connectivity index (χ4n) is 3.29. The van der Waals surface area contributed by atoms with Crippen LogP contribution in [-0.2, 0) is 10.3 Å². The van der Waals surface area contributed by atoms with Crippen molar-refractivity contribution < 1.29 is 9.53 Å². The number of hydrogen-bond donors (Lipinski definition) is 1. The lowest BCUT2D eigenvalue weighted by Gasteiger charge is -2.38. The van der Waals surface area contributed by atoms with E-state index < -0.39 is 5.54 Å². The van der Waals surface area contributed by atoms with Gasteiger partial charge in [-0.2, -0.15) is 5.26 Å². The van der Waals surface area contributed by atoms with E-state index in [2.05, 4.69) is 11.4 Å². The zero-order valence-corrected chi connectivity index (χ0v) is 15.2. The normalized spacial score (nSPS) is 15.7. The van der Waals surface area contributed by atoms with Gasteiger partial charge in [0.2, 0.25) is 0 Å². The molecule has 0 atom stereocenters. The van der Waals surface area contributed by atoms with Gasteiger partial charge < -0.3 is 15.0 Å². The number of hydrogen-bond acceptors (Lipinski definition) is 4. The SMILES string of the molecule is CN(C)c1ccc(C(=O)NC2(c3cccc(C#N)c3)CCOCC2)cc1. The molecule has 2 aromatic carbocycles. The monoisotopic (exact) mass is 349 g/mol. The Morgan fingerprint density at radius 1 is 1.15 bits per heavy atom. The lowest BCUT2D eigenvalue weighted by molar-refractivity contribution is 0.0345. The first-order valence-corrected chi connectivity index (χ1v) is 8.72. The van der Waals surface area contributed by atoms with Crippen LogP contribution in [0.3, 0.4) is 0 Å². The van der Waals surface area contributed by atoms with Crippen molar-refractivity contribution in [2.45, 2.75) is 18.4 Å². The molecule has 3 rings (SSSR count). The maximum atomic E-state index is 12.9. The minimum Gasteiger partial charge on any atom is -0.381 e.